The number of aliphatic hydroxyl groups is 1. The van der Waals surface area contributed by atoms with Crippen LogP contribution in [-0.4, -0.2) is 49.2 Å². The van der Waals surface area contributed by atoms with Crippen molar-refractivity contribution in [3.8, 4) is 28.5 Å². The SMILES string of the molecule is Cc1ccccc1-n1ncc(-c2nc(-c3ccc([C@@H](O)C[C@@]4(CC(=O)O)CCCNC4)cc3)no2)c1C(F)(F)F. The van der Waals surface area contributed by atoms with E-state index in [0.717, 1.165) is 23.8 Å². The van der Waals surface area contributed by atoms with Gasteiger partial charge in [0.05, 0.1) is 30.0 Å². The molecule has 3 heterocycles. The molecule has 1 aliphatic rings. The molecule has 9 nitrogen and oxygen atoms in total. The van der Waals surface area contributed by atoms with E-state index in [1.54, 1.807) is 55.5 Å². The maximum Gasteiger partial charge on any atom is 0.434 e. The third-order valence-corrected chi connectivity index (χ3v) is 7.30. The molecular weight excluding hydrogens is 527 g/mol. The van der Waals surface area contributed by atoms with Crippen LogP contribution in [0.4, 0.5) is 13.2 Å². The van der Waals surface area contributed by atoms with Gasteiger partial charge < -0.3 is 20.1 Å². The number of carboxylic acid groups (broad SMARTS) is 1. The first-order valence-electron chi connectivity index (χ1n) is 12.8. The van der Waals surface area contributed by atoms with Gasteiger partial charge in [-0.3, -0.25) is 4.79 Å². The lowest BCUT2D eigenvalue weighted by molar-refractivity contribution is -0.142. The summed E-state index contributed by atoms with van der Waals surface area (Å²) in [5.74, 6) is -1.16. The first-order valence-corrected chi connectivity index (χ1v) is 12.8. The summed E-state index contributed by atoms with van der Waals surface area (Å²) in [6, 6.07) is 13.2. The zero-order valence-electron chi connectivity index (χ0n) is 21.6. The summed E-state index contributed by atoms with van der Waals surface area (Å²) in [5.41, 5.74) is 0.0409. The molecule has 210 valence electrons. The highest BCUT2D eigenvalue weighted by molar-refractivity contribution is 5.68. The van der Waals surface area contributed by atoms with Crippen LogP contribution >= 0.6 is 0 Å². The number of carboxylic acids is 1. The molecule has 0 radical (unpaired) electrons. The van der Waals surface area contributed by atoms with Crippen molar-refractivity contribution in [2.24, 2.45) is 5.41 Å². The molecular formula is C28H28F3N5O4. The number of halogens is 3. The van der Waals surface area contributed by atoms with Crippen molar-refractivity contribution in [3.63, 3.8) is 0 Å². The molecule has 5 rings (SSSR count). The highest BCUT2D eigenvalue weighted by Crippen LogP contribution is 2.40. The van der Waals surface area contributed by atoms with Gasteiger partial charge in [0.15, 0.2) is 5.69 Å². The quantitative estimate of drug-likeness (QED) is 0.271. The Morgan fingerprint density at radius 1 is 1.20 bits per heavy atom. The second-order valence-electron chi connectivity index (χ2n) is 10.2. The average molecular weight is 556 g/mol. The molecule has 1 saturated heterocycles. The standard InChI is InChI=1S/C28H28F3N5O4/c1-17-5-2-3-6-21(17)36-24(28(29,30)31)20(15-33-36)26-34-25(35-40-26)19-9-7-18(8-10-19)22(37)13-27(14-23(38)39)11-4-12-32-16-27/h2-3,5-10,15,22,32,37H,4,11-14,16H2,1H3,(H,38,39)/t22-,27+/m0/s1. The Balaban J connectivity index is 1.39. The molecule has 0 bridgehead atoms. The minimum atomic E-state index is -4.74. The van der Waals surface area contributed by atoms with Crippen molar-refractivity contribution >= 4 is 5.97 Å². The van der Waals surface area contributed by atoms with Crippen molar-refractivity contribution in [3.05, 3.63) is 71.5 Å². The van der Waals surface area contributed by atoms with Crippen LogP contribution in [0.2, 0.25) is 0 Å². The molecule has 40 heavy (non-hydrogen) atoms. The minimum Gasteiger partial charge on any atom is -0.481 e. The topological polar surface area (TPSA) is 126 Å². The molecule has 1 fully saturated rings. The van der Waals surface area contributed by atoms with Gasteiger partial charge in [-0.15, -0.1) is 0 Å². The summed E-state index contributed by atoms with van der Waals surface area (Å²) < 4.78 is 48.5. The molecule has 2 atom stereocenters. The fourth-order valence-corrected chi connectivity index (χ4v) is 5.34. The van der Waals surface area contributed by atoms with Crippen LogP contribution in [0, 0.1) is 12.3 Å². The molecule has 0 aliphatic carbocycles. The number of aliphatic carboxylic acids is 1. The van der Waals surface area contributed by atoms with E-state index in [2.05, 4.69) is 20.6 Å². The second-order valence-corrected chi connectivity index (χ2v) is 10.2. The molecule has 1 aliphatic heterocycles. The molecule has 2 aromatic carbocycles. The Hall–Kier alpha value is -4.03. The summed E-state index contributed by atoms with van der Waals surface area (Å²) in [5, 5.41) is 31.4. The van der Waals surface area contributed by atoms with Gasteiger partial charge in [-0.1, -0.05) is 47.6 Å². The maximum atomic E-state index is 14.1. The molecule has 3 N–H and O–H groups in total. The third-order valence-electron chi connectivity index (χ3n) is 7.30. The Labute approximate surface area is 227 Å². The van der Waals surface area contributed by atoms with Gasteiger partial charge >= 0.3 is 12.1 Å². The number of piperidine rings is 1. The lowest BCUT2D eigenvalue weighted by atomic mass is 9.73. The molecule has 4 aromatic rings. The number of aliphatic hydroxyl groups excluding tert-OH is 1. The largest absolute Gasteiger partial charge is 0.481 e. The van der Waals surface area contributed by atoms with Gasteiger partial charge in [-0.2, -0.15) is 23.3 Å². The Kier molecular flexibility index (Phi) is 7.47. The molecule has 2 aromatic heterocycles. The van der Waals surface area contributed by atoms with E-state index in [1.807, 2.05) is 0 Å². The summed E-state index contributed by atoms with van der Waals surface area (Å²) in [6.45, 7) is 3.02. The number of aromatic nitrogens is 4. The number of nitrogens with zero attached hydrogens (tertiary/aromatic N) is 4. The normalized spacial score (nSPS) is 18.5. The van der Waals surface area contributed by atoms with Crippen molar-refractivity contribution in [2.45, 2.75) is 44.9 Å². The number of hydrogen-bond acceptors (Lipinski definition) is 7. The number of aryl methyl sites for hydroxylation is 1. The van der Waals surface area contributed by atoms with E-state index < -0.39 is 29.4 Å². The van der Waals surface area contributed by atoms with Crippen LogP contribution in [0.5, 0.6) is 0 Å². The summed E-state index contributed by atoms with van der Waals surface area (Å²) in [6.07, 6.45) is -2.81. The Morgan fingerprint density at radius 2 is 1.95 bits per heavy atom. The van der Waals surface area contributed by atoms with E-state index in [4.69, 9.17) is 4.52 Å². The van der Waals surface area contributed by atoms with Gasteiger partial charge in [0, 0.05) is 12.1 Å². The molecule has 0 amide bonds. The highest BCUT2D eigenvalue weighted by Gasteiger charge is 2.41. The fourth-order valence-electron chi connectivity index (χ4n) is 5.34. The summed E-state index contributed by atoms with van der Waals surface area (Å²) in [7, 11) is 0. The van der Waals surface area contributed by atoms with Crippen LogP contribution in [-0.2, 0) is 11.0 Å². The van der Waals surface area contributed by atoms with Crippen LogP contribution in [0.25, 0.3) is 28.5 Å². The van der Waals surface area contributed by atoms with Gasteiger partial charge in [0.2, 0.25) is 5.82 Å². The fraction of sp³-hybridized carbons (Fsp3) is 0.357. The van der Waals surface area contributed by atoms with Gasteiger partial charge in [0.25, 0.3) is 5.89 Å². The number of benzene rings is 2. The average Bonchev–Trinajstić information content (AvgIpc) is 3.57. The Morgan fingerprint density at radius 3 is 2.60 bits per heavy atom. The number of rotatable bonds is 8. The van der Waals surface area contributed by atoms with E-state index in [9.17, 15) is 28.2 Å². The molecule has 0 spiro atoms. The predicted octanol–water partition coefficient (Wildman–Crippen LogP) is 5.18. The first kappa shape index (κ1) is 27.5. The number of alkyl halides is 3. The third kappa shape index (κ3) is 5.63. The maximum absolute atomic E-state index is 14.1. The molecule has 0 unspecified atom stereocenters. The minimum absolute atomic E-state index is 0.0406. The van der Waals surface area contributed by atoms with E-state index in [0.29, 0.717) is 29.7 Å². The van der Waals surface area contributed by atoms with Crippen LogP contribution in [0.3, 0.4) is 0 Å². The smallest absolute Gasteiger partial charge is 0.434 e. The zero-order chi connectivity index (χ0) is 28.5. The van der Waals surface area contributed by atoms with Crippen LogP contribution in [0.15, 0.2) is 59.3 Å². The van der Waals surface area contributed by atoms with Crippen molar-refractivity contribution in [2.75, 3.05) is 13.1 Å². The number of nitrogens with one attached hydrogen (secondary N) is 1. The van der Waals surface area contributed by atoms with Crippen molar-refractivity contribution in [1.82, 2.24) is 25.2 Å². The first-order chi connectivity index (χ1) is 19.1. The lowest BCUT2D eigenvalue weighted by Gasteiger charge is -2.38. The van der Waals surface area contributed by atoms with E-state index in [-0.39, 0.29) is 35.8 Å². The summed E-state index contributed by atoms with van der Waals surface area (Å²) >= 11 is 0. The monoisotopic (exact) mass is 555 g/mol. The van der Waals surface area contributed by atoms with Crippen LogP contribution < -0.4 is 5.32 Å². The predicted molar refractivity (Wildman–Crippen MR) is 138 cm³/mol. The van der Waals surface area contributed by atoms with E-state index in [1.165, 1.54) is 0 Å². The van der Waals surface area contributed by atoms with Gasteiger partial charge in [-0.25, -0.2) is 4.68 Å². The number of hydrogen-bond donors (Lipinski definition) is 3. The Bertz CT molecular complexity index is 1490. The molecule has 12 heteroatoms. The van der Waals surface area contributed by atoms with Crippen LogP contribution in [0.1, 0.15) is 48.6 Å². The van der Waals surface area contributed by atoms with Gasteiger partial charge in [-0.05, 0) is 55.3 Å². The molecule has 0 saturated carbocycles. The number of carbonyl (C=O) groups is 1. The van der Waals surface area contributed by atoms with Gasteiger partial charge in [0.1, 0.15) is 0 Å². The zero-order valence-corrected chi connectivity index (χ0v) is 21.6. The van der Waals surface area contributed by atoms with E-state index >= 15 is 0 Å². The highest BCUT2D eigenvalue weighted by atomic mass is 19.4. The second kappa shape index (κ2) is 10.9. The van der Waals surface area contributed by atoms with Crippen molar-refractivity contribution < 1.29 is 32.7 Å². The lowest BCUT2D eigenvalue weighted by Crippen LogP contribution is -2.42. The van der Waals surface area contributed by atoms with Crippen molar-refractivity contribution in [1.29, 1.82) is 0 Å². The summed E-state index contributed by atoms with van der Waals surface area (Å²) in [4.78, 5) is 15.7. The number of para-hydroxylation sites is 1.